The largest absolute Gasteiger partial charge is 0.490 e. The van der Waals surface area contributed by atoms with Crippen molar-refractivity contribution in [1.29, 1.82) is 0 Å². The van der Waals surface area contributed by atoms with Gasteiger partial charge in [0.1, 0.15) is 6.04 Å². The Kier molecular flexibility index (Phi) is 6.31. The molecule has 0 radical (unpaired) electrons. The smallest absolute Gasteiger partial charge is 0.255 e. The molecule has 162 valence electrons. The van der Waals surface area contributed by atoms with Crippen LogP contribution in [0.4, 0.5) is 11.4 Å². The minimum Gasteiger partial charge on any atom is -0.490 e. The molecule has 0 saturated carbocycles. The van der Waals surface area contributed by atoms with Crippen molar-refractivity contribution in [3.63, 3.8) is 0 Å². The molecular formula is C22H23N3O5S. The second-order valence-electron chi connectivity index (χ2n) is 7.22. The molecule has 0 spiro atoms. The quantitative estimate of drug-likeness (QED) is 0.659. The fourth-order valence-corrected chi connectivity index (χ4v) is 3.86. The lowest BCUT2D eigenvalue weighted by Crippen LogP contribution is -2.41. The van der Waals surface area contributed by atoms with E-state index in [1.807, 2.05) is 6.26 Å². The minimum absolute atomic E-state index is 0.245. The Morgan fingerprint density at radius 2 is 1.94 bits per heavy atom. The van der Waals surface area contributed by atoms with Gasteiger partial charge in [-0.1, -0.05) is 0 Å². The van der Waals surface area contributed by atoms with Crippen molar-refractivity contribution in [2.45, 2.75) is 18.9 Å². The van der Waals surface area contributed by atoms with Gasteiger partial charge in [-0.25, -0.2) is 0 Å². The summed E-state index contributed by atoms with van der Waals surface area (Å²) in [4.78, 5) is 37.8. The van der Waals surface area contributed by atoms with Gasteiger partial charge in [0.05, 0.1) is 24.5 Å². The molecule has 4 rings (SSSR count). The molecule has 3 amide bonds. The van der Waals surface area contributed by atoms with Crippen LogP contribution in [-0.4, -0.2) is 49.0 Å². The van der Waals surface area contributed by atoms with Crippen LogP contribution < -0.4 is 25.4 Å². The third-order valence-corrected chi connectivity index (χ3v) is 5.67. The first-order valence-electron chi connectivity index (χ1n) is 10.0. The normalized spacial score (nSPS) is 17.5. The Morgan fingerprint density at radius 1 is 1.13 bits per heavy atom. The van der Waals surface area contributed by atoms with E-state index >= 15 is 0 Å². The Labute approximate surface area is 184 Å². The number of ether oxygens (including phenoxy) is 2. The summed E-state index contributed by atoms with van der Waals surface area (Å²) in [6, 6.07) is 9.25. The number of benzene rings is 2. The second-order valence-corrected chi connectivity index (χ2v) is 8.21. The molecule has 1 unspecified atom stereocenters. The maximum absolute atomic E-state index is 12.7. The molecule has 0 aromatic heterocycles. The summed E-state index contributed by atoms with van der Waals surface area (Å²) in [5.74, 6) is 0.960. The fourth-order valence-electron chi connectivity index (χ4n) is 3.39. The van der Waals surface area contributed by atoms with Crippen LogP contribution in [0.3, 0.4) is 0 Å². The van der Waals surface area contributed by atoms with Crippen LogP contribution in [0.25, 0.3) is 0 Å². The molecule has 3 N–H and O–H groups in total. The molecule has 9 heteroatoms. The number of anilines is 2. The average Bonchev–Trinajstić information content (AvgIpc) is 3.07. The van der Waals surface area contributed by atoms with Crippen molar-refractivity contribution in [3.8, 4) is 11.5 Å². The highest BCUT2D eigenvalue weighted by atomic mass is 32.2. The molecular weight excluding hydrogens is 418 g/mol. The number of carbonyl (C=O) groups is 3. The molecule has 2 aliphatic rings. The molecule has 1 atom stereocenters. The van der Waals surface area contributed by atoms with Crippen molar-refractivity contribution in [2.75, 3.05) is 35.9 Å². The number of amides is 3. The Hall–Kier alpha value is -3.20. The summed E-state index contributed by atoms with van der Waals surface area (Å²) in [5.41, 5.74) is 1.58. The first-order chi connectivity index (χ1) is 15.0. The van der Waals surface area contributed by atoms with Gasteiger partial charge in [-0.15, -0.1) is 0 Å². The van der Waals surface area contributed by atoms with Crippen molar-refractivity contribution in [2.24, 2.45) is 0 Å². The number of carbonyl (C=O) groups excluding carboxylic acids is 3. The molecule has 31 heavy (non-hydrogen) atoms. The highest BCUT2D eigenvalue weighted by Crippen LogP contribution is 2.31. The number of nitrogens with one attached hydrogen (secondary N) is 3. The zero-order valence-corrected chi connectivity index (χ0v) is 17.8. The molecule has 0 bridgehead atoms. The van der Waals surface area contributed by atoms with Crippen LogP contribution in [0.15, 0.2) is 36.4 Å². The summed E-state index contributed by atoms with van der Waals surface area (Å²) >= 11 is 1.61. The van der Waals surface area contributed by atoms with Crippen LogP contribution in [0, 0.1) is 0 Å². The Bertz CT molecular complexity index is 1030. The summed E-state index contributed by atoms with van der Waals surface area (Å²) in [6.45, 7) is 1.10. The number of rotatable bonds is 5. The van der Waals surface area contributed by atoms with Crippen LogP contribution in [-0.2, 0) is 4.79 Å². The second kappa shape index (κ2) is 9.30. The van der Waals surface area contributed by atoms with Gasteiger partial charge in [0, 0.05) is 17.7 Å². The molecule has 2 heterocycles. The van der Waals surface area contributed by atoms with E-state index < -0.39 is 6.04 Å². The van der Waals surface area contributed by atoms with Gasteiger partial charge >= 0.3 is 0 Å². The molecule has 0 aliphatic carbocycles. The van der Waals surface area contributed by atoms with E-state index in [1.54, 1.807) is 48.2 Å². The van der Waals surface area contributed by atoms with E-state index in [4.69, 9.17) is 9.47 Å². The summed E-state index contributed by atoms with van der Waals surface area (Å²) in [6.07, 6.45) is 3.27. The van der Waals surface area contributed by atoms with Gasteiger partial charge in [-0.3, -0.25) is 14.4 Å². The minimum atomic E-state index is -0.591. The Morgan fingerprint density at radius 3 is 2.74 bits per heavy atom. The molecule has 2 aliphatic heterocycles. The van der Waals surface area contributed by atoms with Gasteiger partial charge in [0.15, 0.2) is 11.5 Å². The number of fused-ring (bicyclic) bond motifs is 2. The van der Waals surface area contributed by atoms with Crippen molar-refractivity contribution >= 4 is 40.9 Å². The van der Waals surface area contributed by atoms with E-state index in [0.29, 0.717) is 53.6 Å². The summed E-state index contributed by atoms with van der Waals surface area (Å²) in [5, 5.41) is 8.35. The van der Waals surface area contributed by atoms with E-state index in [-0.39, 0.29) is 17.7 Å². The summed E-state index contributed by atoms with van der Waals surface area (Å²) in [7, 11) is 0. The zero-order chi connectivity index (χ0) is 21.8. The molecule has 2 aromatic carbocycles. The number of hydrogen-bond acceptors (Lipinski definition) is 6. The van der Waals surface area contributed by atoms with Gasteiger partial charge in [0.2, 0.25) is 5.91 Å². The molecule has 0 saturated heterocycles. The van der Waals surface area contributed by atoms with E-state index in [0.717, 1.165) is 12.2 Å². The van der Waals surface area contributed by atoms with E-state index in [2.05, 4.69) is 16.0 Å². The maximum Gasteiger partial charge on any atom is 0.255 e. The first kappa shape index (κ1) is 21.0. The highest BCUT2D eigenvalue weighted by molar-refractivity contribution is 7.98. The lowest BCUT2D eigenvalue weighted by Gasteiger charge is -2.13. The van der Waals surface area contributed by atoms with Crippen molar-refractivity contribution in [3.05, 3.63) is 47.5 Å². The van der Waals surface area contributed by atoms with Crippen LogP contribution in [0.1, 0.15) is 33.6 Å². The average molecular weight is 442 g/mol. The van der Waals surface area contributed by atoms with Crippen LogP contribution in [0.5, 0.6) is 11.5 Å². The number of hydrogen-bond donors (Lipinski definition) is 3. The third kappa shape index (κ3) is 4.77. The van der Waals surface area contributed by atoms with Crippen LogP contribution in [0.2, 0.25) is 0 Å². The van der Waals surface area contributed by atoms with Crippen molar-refractivity contribution < 1.29 is 23.9 Å². The summed E-state index contributed by atoms with van der Waals surface area (Å²) < 4.78 is 11.2. The number of thioether (sulfide) groups is 1. The Balaban J connectivity index is 1.51. The zero-order valence-electron chi connectivity index (χ0n) is 17.0. The molecule has 0 fully saturated rings. The topological polar surface area (TPSA) is 106 Å². The SMILES string of the molecule is CSCCC1NC(=O)c2cc(NC(=O)c3ccc4c(c3)OCCCO4)ccc2NC1=O. The maximum atomic E-state index is 12.7. The van der Waals surface area contributed by atoms with Crippen molar-refractivity contribution in [1.82, 2.24) is 5.32 Å². The van der Waals surface area contributed by atoms with E-state index in [1.165, 1.54) is 0 Å². The van der Waals surface area contributed by atoms with Gasteiger partial charge in [-0.05, 0) is 54.8 Å². The highest BCUT2D eigenvalue weighted by Gasteiger charge is 2.27. The molecule has 8 nitrogen and oxygen atoms in total. The molecule has 2 aromatic rings. The van der Waals surface area contributed by atoms with E-state index in [9.17, 15) is 14.4 Å². The van der Waals surface area contributed by atoms with Gasteiger partial charge in [0.25, 0.3) is 11.8 Å². The third-order valence-electron chi connectivity index (χ3n) is 5.02. The monoisotopic (exact) mass is 441 g/mol. The first-order valence-corrected chi connectivity index (χ1v) is 11.4. The standard InChI is InChI=1S/C22H23N3O5S/c1-31-10-7-17-22(28)24-16-5-4-14(12-15(16)21(27)25-17)23-20(26)13-3-6-18-19(11-13)30-9-2-8-29-18/h3-6,11-12,17H,2,7-10H2,1H3,(H,23,26)(H,24,28)(H,25,27). The van der Waals surface area contributed by atoms with Crippen LogP contribution >= 0.6 is 11.8 Å². The predicted molar refractivity (Wildman–Crippen MR) is 119 cm³/mol. The lowest BCUT2D eigenvalue weighted by molar-refractivity contribution is -0.117. The predicted octanol–water partition coefficient (Wildman–Crippen LogP) is 2.90. The lowest BCUT2D eigenvalue weighted by atomic mass is 10.1. The fraction of sp³-hybridized carbons (Fsp3) is 0.318. The van der Waals surface area contributed by atoms with Gasteiger partial charge < -0.3 is 25.4 Å². The van der Waals surface area contributed by atoms with Gasteiger partial charge in [-0.2, -0.15) is 11.8 Å².